The molecule has 150 valence electrons. The van der Waals surface area contributed by atoms with Crippen molar-refractivity contribution in [3.8, 4) is 5.75 Å². The van der Waals surface area contributed by atoms with Crippen LogP contribution in [0.25, 0.3) is 0 Å². The fourth-order valence-corrected chi connectivity index (χ4v) is 4.53. The molecule has 28 heavy (non-hydrogen) atoms. The van der Waals surface area contributed by atoms with Gasteiger partial charge < -0.3 is 9.64 Å². The van der Waals surface area contributed by atoms with Crippen molar-refractivity contribution in [2.75, 3.05) is 32.8 Å². The third-order valence-corrected chi connectivity index (χ3v) is 6.81. The molecule has 0 aromatic heterocycles. The molecule has 0 unspecified atom stereocenters. The molecule has 0 radical (unpaired) electrons. The van der Waals surface area contributed by atoms with Gasteiger partial charge in [0.2, 0.25) is 15.9 Å². The zero-order valence-electron chi connectivity index (χ0n) is 15.7. The molecule has 0 bridgehead atoms. The van der Waals surface area contributed by atoms with Gasteiger partial charge in [-0.05, 0) is 43.3 Å². The van der Waals surface area contributed by atoms with E-state index in [2.05, 4.69) is 0 Å². The van der Waals surface area contributed by atoms with Gasteiger partial charge in [-0.1, -0.05) is 29.3 Å². The van der Waals surface area contributed by atoms with E-state index in [0.29, 0.717) is 24.7 Å². The average Bonchev–Trinajstić information content (AvgIpc) is 2.70. The van der Waals surface area contributed by atoms with E-state index in [4.69, 9.17) is 16.3 Å². The molecular formula is C20H23ClN2O4S. The molecule has 1 saturated heterocycles. The van der Waals surface area contributed by atoms with Gasteiger partial charge in [0, 0.05) is 31.2 Å². The van der Waals surface area contributed by atoms with Crippen LogP contribution >= 0.6 is 11.6 Å². The summed E-state index contributed by atoms with van der Waals surface area (Å²) < 4.78 is 32.4. The first-order valence-electron chi connectivity index (χ1n) is 9.09. The van der Waals surface area contributed by atoms with Gasteiger partial charge in [0.15, 0.2) is 0 Å². The maximum Gasteiger partial charge on any atom is 0.243 e. The molecule has 1 amide bonds. The number of hydrogen-bond acceptors (Lipinski definition) is 4. The van der Waals surface area contributed by atoms with Crippen LogP contribution in [0.4, 0.5) is 0 Å². The zero-order chi connectivity index (χ0) is 20.1. The summed E-state index contributed by atoms with van der Waals surface area (Å²) in [6.07, 6.45) is 0.262. The van der Waals surface area contributed by atoms with Crippen LogP contribution in [0.2, 0.25) is 5.02 Å². The second kappa shape index (κ2) is 8.94. The first-order valence-corrected chi connectivity index (χ1v) is 10.9. The second-order valence-electron chi connectivity index (χ2n) is 6.65. The smallest absolute Gasteiger partial charge is 0.243 e. The molecule has 2 aromatic carbocycles. The van der Waals surface area contributed by atoms with E-state index in [-0.39, 0.29) is 30.3 Å². The number of amides is 1. The third kappa shape index (κ3) is 5.04. The molecule has 0 saturated carbocycles. The van der Waals surface area contributed by atoms with E-state index < -0.39 is 10.0 Å². The number of aryl methyl sites for hydroxylation is 1. The van der Waals surface area contributed by atoms with Gasteiger partial charge in [0.05, 0.1) is 17.9 Å². The summed E-state index contributed by atoms with van der Waals surface area (Å²) in [5.41, 5.74) is 1.15. The topological polar surface area (TPSA) is 66.9 Å². The Morgan fingerprint density at radius 1 is 1.00 bits per heavy atom. The normalized spacial score (nSPS) is 15.4. The largest absolute Gasteiger partial charge is 0.493 e. The maximum atomic E-state index is 12.7. The molecule has 1 fully saturated rings. The minimum absolute atomic E-state index is 0.0318. The quantitative estimate of drug-likeness (QED) is 0.717. The lowest BCUT2D eigenvalue weighted by molar-refractivity contribution is -0.132. The van der Waals surface area contributed by atoms with Crippen molar-refractivity contribution in [1.29, 1.82) is 0 Å². The molecule has 6 nitrogen and oxygen atoms in total. The van der Waals surface area contributed by atoms with Crippen LogP contribution < -0.4 is 4.74 Å². The maximum absolute atomic E-state index is 12.7. The van der Waals surface area contributed by atoms with Crippen LogP contribution in [0.5, 0.6) is 5.75 Å². The summed E-state index contributed by atoms with van der Waals surface area (Å²) in [6.45, 7) is 3.59. The minimum Gasteiger partial charge on any atom is -0.493 e. The van der Waals surface area contributed by atoms with Gasteiger partial charge >= 0.3 is 0 Å². The lowest BCUT2D eigenvalue weighted by atomic mass is 10.2. The van der Waals surface area contributed by atoms with Crippen LogP contribution in [-0.4, -0.2) is 56.3 Å². The number of hydrogen-bond donors (Lipinski definition) is 0. The summed E-state index contributed by atoms with van der Waals surface area (Å²) in [5.74, 6) is 0.702. The highest BCUT2D eigenvalue weighted by Crippen LogP contribution is 2.20. The number of carbonyl (C=O) groups is 1. The molecule has 0 atom stereocenters. The lowest BCUT2D eigenvalue weighted by Crippen LogP contribution is -2.50. The van der Waals surface area contributed by atoms with Crippen LogP contribution in [0.3, 0.4) is 0 Å². The molecule has 1 aliphatic heterocycles. The number of carbonyl (C=O) groups excluding carboxylic acids is 1. The molecule has 2 aromatic rings. The SMILES string of the molecule is Cc1ccc(OCCC(=O)N2CCN(S(=O)(=O)c3ccc(Cl)cc3)CC2)cc1. The van der Waals surface area contributed by atoms with Crippen molar-refractivity contribution in [1.82, 2.24) is 9.21 Å². The number of nitrogens with zero attached hydrogens (tertiary/aromatic N) is 2. The van der Waals surface area contributed by atoms with Crippen molar-refractivity contribution >= 4 is 27.5 Å². The molecular weight excluding hydrogens is 400 g/mol. The van der Waals surface area contributed by atoms with Crippen LogP contribution in [0.15, 0.2) is 53.4 Å². The third-order valence-electron chi connectivity index (χ3n) is 4.65. The Morgan fingerprint density at radius 3 is 2.21 bits per heavy atom. The van der Waals surface area contributed by atoms with Crippen LogP contribution in [-0.2, 0) is 14.8 Å². The predicted octanol–water partition coefficient (Wildman–Crippen LogP) is 2.95. The number of sulfonamides is 1. The van der Waals surface area contributed by atoms with Gasteiger partial charge in [-0.25, -0.2) is 8.42 Å². The first-order chi connectivity index (χ1) is 13.4. The molecule has 0 N–H and O–H groups in total. The molecule has 1 aliphatic rings. The molecule has 8 heteroatoms. The zero-order valence-corrected chi connectivity index (χ0v) is 17.2. The Balaban J connectivity index is 1.48. The Labute approximate surface area is 170 Å². The van der Waals surface area contributed by atoms with Crippen LogP contribution in [0.1, 0.15) is 12.0 Å². The first kappa shape index (κ1) is 20.6. The lowest BCUT2D eigenvalue weighted by Gasteiger charge is -2.34. The summed E-state index contributed by atoms with van der Waals surface area (Å²) in [6, 6.07) is 13.8. The summed E-state index contributed by atoms with van der Waals surface area (Å²) >= 11 is 5.83. The van der Waals surface area contributed by atoms with E-state index in [1.807, 2.05) is 31.2 Å². The van der Waals surface area contributed by atoms with Gasteiger partial charge in [-0.3, -0.25) is 4.79 Å². The Morgan fingerprint density at radius 2 is 1.61 bits per heavy atom. The summed E-state index contributed by atoms with van der Waals surface area (Å²) in [7, 11) is -3.57. The standard InChI is InChI=1S/C20H23ClN2O4S/c1-16-2-6-18(7-3-16)27-15-10-20(24)22-11-13-23(14-12-22)28(25,26)19-8-4-17(21)5-9-19/h2-9H,10-15H2,1H3. The van der Waals surface area contributed by atoms with E-state index in [1.165, 1.54) is 16.4 Å². The average molecular weight is 423 g/mol. The Bertz CT molecular complexity index is 906. The Hall–Kier alpha value is -2.09. The molecule has 0 spiro atoms. The van der Waals surface area contributed by atoms with Crippen molar-refractivity contribution in [3.05, 3.63) is 59.1 Å². The second-order valence-corrected chi connectivity index (χ2v) is 9.02. The van der Waals surface area contributed by atoms with Crippen molar-refractivity contribution < 1.29 is 17.9 Å². The van der Waals surface area contributed by atoms with E-state index in [0.717, 1.165) is 11.3 Å². The van der Waals surface area contributed by atoms with Gasteiger partial charge in [-0.2, -0.15) is 4.31 Å². The molecule has 0 aliphatic carbocycles. The highest BCUT2D eigenvalue weighted by molar-refractivity contribution is 7.89. The minimum atomic E-state index is -3.57. The number of benzene rings is 2. The fourth-order valence-electron chi connectivity index (χ4n) is 2.98. The number of halogens is 1. The highest BCUT2D eigenvalue weighted by atomic mass is 35.5. The van der Waals surface area contributed by atoms with E-state index in [9.17, 15) is 13.2 Å². The number of rotatable bonds is 6. The predicted molar refractivity (Wildman–Crippen MR) is 108 cm³/mol. The van der Waals surface area contributed by atoms with Gasteiger partial charge in [0.25, 0.3) is 0 Å². The highest BCUT2D eigenvalue weighted by Gasteiger charge is 2.29. The molecule has 1 heterocycles. The monoisotopic (exact) mass is 422 g/mol. The van der Waals surface area contributed by atoms with Crippen molar-refractivity contribution in [2.45, 2.75) is 18.2 Å². The fraction of sp³-hybridized carbons (Fsp3) is 0.350. The van der Waals surface area contributed by atoms with E-state index >= 15 is 0 Å². The summed E-state index contributed by atoms with van der Waals surface area (Å²) in [4.78, 5) is 14.3. The number of ether oxygens (including phenoxy) is 1. The van der Waals surface area contributed by atoms with Crippen molar-refractivity contribution in [2.24, 2.45) is 0 Å². The summed E-state index contributed by atoms with van der Waals surface area (Å²) in [5, 5.41) is 0.488. The Kier molecular flexibility index (Phi) is 6.59. The molecule has 3 rings (SSSR count). The van der Waals surface area contributed by atoms with Crippen LogP contribution in [0, 0.1) is 6.92 Å². The van der Waals surface area contributed by atoms with Gasteiger partial charge in [0.1, 0.15) is 5.75 Å². The number of piperazine rings is 1. The van der Waals surface area contributed by atoms with E-state index in [1.54, 1.807) is 17.0 Å². The van der Waals surface area contributed by atoms with Crippen molar-refractivity contribution in [3.63, 3.8) is 0 Å². The van der Waals surface area contributed by atoms with Gasteiger partial charge in [-0.15, -0.1) is 0 Å².